The zero-order valence-corrected chi connectivity index (χ0v) is 9.76. The molecule has 0 saturated carbocycles. The fraction of sp³-hybridized carbons (Fsp3) is 0. The Hall–Kier alpha value is -2.42. The molecule has 4 N–H and O–H groups in total. The smallest absolute Gasteiger partial charge is 0.251 e. The Balaban J connectivity index is 2.18. The van der Waals surface area contributed by atoms with Gasteiger partial charge in [-0.25, -0.2) is 15.0 Å². The van der Waals surface area contributed by atoms with E-state index in [2.05, 4.69) is 25.1 Å². The molecule has 0 atom stereocenters. The van der Waals surface area contributed by atoms with E-state index in [1.54, 1.807) is 0 Å². The lowest BCUT2D eigenvalue weighted by Crippen LogP contribution is -2.15. The van der Waals surface area contributed by atoms with Gasteiger partial charge in [-0.2, -0.15) is 0 Å². The van der Waals surface area contributed by atoms with Gasteiger partial charge in [-0.1, -0.05) is 5.16 Å². The zero-order valence-electron chi connectivity index (χ0n) is 8.94. The van der Waals surface area contributed by atoms with Crippen molar-refractivity contribution in [2.45, 2.75) is 10.2 Å². The summed E-state index contributed by atoms with van der Waals surface area (Å²) in [7, 11) is 0. The molecule has 2 rings (SSSR count). The molecule has 0 unspecified atom stereocenters. The summed E-state index contributed by atoms with van der Waals surface area (Å²) in [5, 5.41) is 12.2. The first-order chi connectivity index (χ1) is 8.69. The lowest BCUT2D eigenvalue weighted by Gasteiger charge is -2.00. The van der Waals surface area contributed by atoms with Crippen LogP contribution in [0.2, 0.25) is 0 Å². The molecule has 0 aromatic carbocycles. The number of nitrogens with zero attached hydrogens (tertiary/aromatic N) is 4. The quantitative estimate of drug-likeness (QED) is 0.230. The summed E-state index contributed by atoms with van der Waals surface area (Å²) < 4.78 is 0. The maximum Gasteiger partial charge on any atom is 0.251 e. The normalized spacial score (nSPS) is 11.4. The third-order valence-electron chi connectivity index (χ3n) is 1.85. The minimum absolute atomic E-state index is 0.120. The molecule has 0 spiro atoms. The second-order valence-electron chi connectivity index (χ2n) is 3.07. The Labute approximate surface area is 105 Å². The lowest BCUT2D eigenvalue weighted by molar-refractivity contribution is 0.318. The molecule has 0 bridgehead atoms. The summed E-state index contributed by atoms with van der Waals surface area (Å²) in [5.74, 6) is -0.120. The van der Waals surface area contributed by atoms with Gasteiger partial charge in [0, 0.05) is 12.3 Å². The van der Waals surface area contributed by atoms with Crippen LogP contribution in [0.4, 0.5) is 0 Å². The third-order valence-corrected chi connectivity index (χ3v) is 2.67. The highest BCUT2D eigenvalue weighted by Gasteiger charge is 2.04. The molecular formula is C9H8N6O2S. The van der Waals surface area contributed by atoms with Crippen LogP contribution in [0.3, 0.4) is 0 Å². The molecule has 8 nitrogen and oxygen atoms in total. The van der Waals surface area contributed by atoms with Crippen LogP contribution in [-0.2, 0) is 0 Å². The van der Waals surface area contributed by atoms with E-state index >= 15 is 0 Å². The van der Waals surface area contributed by atoms with E-state index in [-0.39, 0.29) is 17.1 Å². The van der Waals surface area contributed by atoms with Crippen molar-refractivity contribution >= 4 is 17.6 Å². The molecule has 0 saturated heterocycles. The second kappa shape index (κ2) is 5.27. The van der Waals surface area contributed by atoms with Crippen molar-refractivity contribution < 1.29 is 5.21 Å². The maximum absolute atomic E-state index is 11.1. The minimum Gasteiger partial charge on any atom is -0.409 e. The summed E-state index contributed by atoms with van der Waals surface area (Å²) in [5.41, 5.74) is 5.37. The van der Waals surface area contributed by atoms with E-state index in [9.17, 15) is 4.79 Å². The highest BCUT2D eigenvalue weighted by atomic mass is 32.2. The van der Waals surface area contributed by atoms with Gasteiger partial charge in [0.05, 0.1) is 12.4 Å². The van der Waals surface area contributed by atoms with E-state index in [4.69, 9.17) is 10.9 Å². The Bertz CT molecular complexity index is 623. The molecule has 0 radical (unpaired) electrons. The third kappa shape index (κ3) is 2.83. The van der Waals surface area contributed by atoms with Crippen LogP contribution in [0, 0.1) is 0 Å². The molecule has 9 heteroatoms. The van der Waals surface area contributed by atoms with Crippen molar-refractivity contribution in [2.24, 2.45) is 10.9 Å². The Morgan fingerprint density at radius 3 is 2.83 bits per heavy atom. The maximum atomic E-state index is 11.1. The number of oxime groups is 1. The highest BCUT2D eigenvalue weighted by molar-refractivity contribution is 7.99. The molecule has 92 valence electrons. The SMILES string of the molecule is NC(=NO)c1cnc(Sc2nccc(=O)[nH]2)cn1. The molecule has 0 aliphatic carbocycles. The molecule has 0 fully saturated rings. The molecule has 0 aliphatic heterocycles. The molecule has 2 aromatic heterocycles. The average molecular weight is 264 g/mol. The van der Waals surface area contributed by atoms with Gasteiger partial charge in [-0.3, -0.25) is 4.79 Å². The van der Waals surface area contributed by atoms with Crippen LogP contribution in [0.5, 0.6) is 0 Å². The van der Waals surface area contributed by atoms with Crippen LogP contribution in [-0.4, -0.2) is 31.0 Å². The molecule has 2 heterocycles. The monoisotopic (exact) mass is 264 g/mol. The number of hydrogen-bond donors (Lipinski definition) is 3. The lowest BCUT2D eigenvalue weighted by atomic mass is 10.4. The van der Waals surface area contributed by atoms with Gasteiger partial charge in [0.15, 0.2) is 11.0 Å². The fourth-order valence-electron chi connectivity index (χ4n) is 1.06. The minimum atomic E-state index is -0.242. The first kappa shape index (κ1) is 12.0. The van der Waals surface area contributed by atoms with E-state index in [1.165, 1.54) is 24.7 Å². The number of amidine groups is 1. The highest BCUT2D eigenvalue weighted by Crippen LogP contribution is 2.19. The molecule has 0 aliphatic rings. The second-order valence-corrected chi connectivity index (χ2v) is 4.08. The Kier molecular flexibility index (Phi) is 3.53. The van der Waals surface area contributed by atoms with Gasteiger partial charge in [0.25, 0.3) is 5.56 Å². The van der Waals surface area contributed by atoms with E-state index in [0.717, 1.165) is 11.8 Å². The average Bonchev–Trinajstić information content (AvgIpc) is 2.39. The van der Waals surface area contributed by atoms with Gasteiger partial charge in [-0.15, -0.1) is 0 Å². The fourth-order valence-corrected chi connectivity index (χ4v) is 1.73. The van der Waals surface area contributed by atoms with Gasteiger partial charge >= 0.3 is 0 Å². The van der Waals surface area contributed by atoms with Crippen molar-refractivity contribution in [2.75, 3.05) is 0 Å². The number of aromatic amines is 1. The number of nitrogens with two attached hydrogens (primary N) is 1. The van der Waals surface area contributed by atoms with Crippen LogP contribution < -0.4 is 11.3 Å². The van der Waals surface area contributed by atoms with Crippen molar-refractivity contribution in [1.82, 2.24) is 19.9 Å². The summed E-state index contributed by atoms with van der Waals surface area (Å²) >= 11 is 1.15. The number of rotatable bonds is 3. The van der Waals surface area contributed by atoms with Gasteiger partial charge in [0.2, 0.25) is 0 Å². The Morgan fingerprint density at radius 1 is 1.39 bits per heavy atom. The number of nitrogens with one attached hydrogen (secondary N) is 1. The van der Waals surface area contributed by atoms with Crippen molar-refractivity contribution in [3.8, 4) is 0 Å². The summed E-state index contributed by atoms with van der Waals surface area (Å²) in [6.45, 7) is 0. The standard InChI is InChI=1S/C9H8N6O2S/c10-8(15-17)5-3-13-7(4-12-5)18-9-11-2-1-6(16)14-9/h1-4,17H,(H2,10,15)(H,11,14,16). The molecule has 2 aromatic rings. The van der Waals surface area contributed by atoms with Crippen LogP contribution in [0.25, 0.3) is 0 Å². The first-order valence-electron chi connectivity index (χ1n) is 4.72. The molecular weight excluding hydrogens is 256 g/mol. The van der Waals surface area contributed by atoms with Crippen molar-refractivity contribution in [1.29, 1.82) is 0 Å². The predicted octanol–water partition coefficient (Wildman–Crippen LogP) is -0.194. The zero-order chi connectivity index (χ0) is 13.0. The Morgan fingerprint density at radius 2 is 2.22 bits per heavy atom. The van der Waals surface area contributed by atoms with Crippen molar-refractivity contribution in [3.05, 3.63) is 40.7 Å². The van der Waals surface area contributed by atoms with E-state index in [0.29, 0.717) is 10.2 Å². The number of aromatic nitrogens is 4. The van der Waals surface area contributed by atoms with Gasteiger partial charge < -0.3 is 15.9 Å². The molecule has 18 heavy (non-hydrogen) atoms. The van der Waals surface area contributed by atoms with Crippen LogP contribution in [0.1, 0.15) is 5.69 Å². The van der Waals surface area contributed by atoms with Crippen LogP contribution >= 0.6 is 11.8 Å². The molecule has 0 amide bonds. The van der Waals surface area contributed by atoms with E-state index < -0.39 is 0 Å². The summed E-state index contributed by atoms with van der Waals surface area (Å²) in [6.07, 6.45) is 4.20. The van der Waals surface area contributed by atoms with Gasteiger partial charge in [-0.05, 0) is 11.8 Å². The number of H-pyrrole nitrogens is 1. The predicted molar refractivity (Wildman–Crippen MR) is 63.5 cm³/mol. The summed E-state index contributed by atoms with van der Waals surface area (Å²) in [6, 6.07) is 1.32. The number of hydrogen-bond acceptors (Lipinski definition) is 7. The topological polar surface area (TPSA) is 130 Å². The van der Waals surface area contributed by atoms with Crippen molar-refractivity contribution in [3.63, 3.8) is 0 Å². The summed E-state index contributed by atoms with van der Waals surface area (Å²) in [4.78, 5) is 25.6. The largest absolute Gasteiger partial charge is 0.409 e. The van der Waals surface area contributed by atoms with Crippen LogP contribution in [0.15, 0.2) is 44.8 Å². The van der Waals surface area contributed by atoms with E-state index in [1.807, 2.05) is 0 Å². The van der Waals surface area contributed by atoms with Gasteiger partial charge in [0.1, 0.15) is 10.7 Å². The first-order valence-corrected chi connectivity index (χ1v) is 5.54.